The number of aliphatic hydroxyl groups is 3. The molecule has 0 aliphatic carbocycles. The summed E-state index contributed by atoms with van der Waals surface area (Å²) in [5, 5.41) is 33.2. The Morgan fingerprint density at radius 2 is 1.53 bits per heavy atom. The zero-order valence-corrected chi connectivity index (χ0v) is 20.6. The van der Waals surface area contributed by atoms with Gasteiger partial charge in [-0.15, -0.1) is 0 Å². The Kier molecular flexibility index (Phi) is 6.77. The van der Waals surface area contributed by atoms with Gasteiger partial charge < -0.3 is 24.8 Å². The Hall–Kier alpha value is -4.02. The van der Waals surface area contributed by atoms with Crippen LogP contribution in [0.25, 0.3) is 0 Å². The normalized spacial score (nSPS) is 23.3. The van der Waals surface area contributed by atoms with Crippen LogP contribution in [0.3, 0.4) is 0 Å². The number of rotatable bonds is 7. The number of nitrogens with zero attached hydrogens (tertiary/aromatic N) is 1. The quantitative estimate of drug-likeness (QED) is 0.273. The number of nitrogens with one attached hydrogen (secondary N) is 1. The summed E-state index contributed by atoms with van der Waals surface area (Å²) in [5.41, 5.74) is -3.31. The van der Waals surface area contributed by atoms with Gasteiger partial charge in [0.05, 0.1) is 19.1 Å². The molecule has 9 heteroatoms. The molecule has 0 amide bonds. The molecule has 2 heterocycles. The lowest BCUT2D eigenvalue weighted by molar-refractivity contribution is -0.180. The van der Waals surface area contributed by atoms with Crippen molar-refractivity contribution in [3.05, 3.63) is 135 Å². The third-order valence-corrected chi connectivity index (χ3v) is 7.25. The summed E-state index contributed by atoms with van der Waals surface area (Å²) < 4.78 is 13.1. The maximum absolute atomic E-state index is 13.5. The topological polar surface area (TPSA) is 134 Å². The van der Waals surface area contributed by atoms with Crippen LogP contribution in [0, 0.1) is 0 Å². The maximum atomic E-state index is 13.5. The minimum Gasteiger partial charge on any atom is -0.497 e. The van der Waals surface area contributed by atoms with E-state index in [-0.39, 0.29) is 0 Å². The van der Waals surface area contributed by atoms with Crippen LogP contribution in [0.4, 0.5) is 0 Å². The second-order valence-corrected chi connectivity index (χ2v) is 9.16. The van der Waals surface area contributed by atoms with Crippen LogP contribution < -0.4 is 16.0 Å². The zero-order valence-electron chi connectivity index (χ0n) is 20.6. The summed E-state index contributed by atoms with van der Waals surface area (Å²) >= 11 is 0. The summed E-state index contributed by atoms with van der Waals surface area (Å²) in [7, 11) is 1.53. The van der Waals surface area contributed by atoms with E-state index >= 15 is 0 Å². The number of aromatic nitrogens is 2. The van der Waals surface area contributed by atoms with E-state index in [0.29, 0.717) is 22.4 Å². The average molecular weight is 517 g/mol. The first kappa shape index (κ1) is 25.6. The summed E-state index contributed by atoms with van der Waals surface area (Å²) in [6.45, 7) is -0.629. The highest BCUT2D eigenvalue weighted by atomic mass is 16.6. The first-order valence-electron chi connectivity index (χ1n) is 12.1. The van der Waals surface area contributed by atoms with Gasteiger partial charge in [0, 0.05) is 12.3 Å². The summed E-state index contributed by atoms with van der Waals surface area (Å²) in [6.07, 6.45) is -3.33. The van der Waals surface area contributed by atoms with Crippen LogP contribution in [0.5, 0.6) is 5.75 Å². The largest absolute Gasteiger partial charge is 0.497 e. The first-order chi connectivity index (χ1) is 18.4. The van der Waals surface area contributed by atoms with E-state index < -0.39 is 47.3 Å². The third-order valence-electron chi connectivity index (χ3n) is 7.25. The van der Waals surface area contributed by atoms with Crippen molar-refractivity contribution in [3.63, 3.8) is 0 Å². The second-order valence-electron chi connectivity index (χ2n) is 9.16. The van der Waals surface area contributed by atoms with Gasteiger partial charge in [-0.05, 0) is 28.8 Å². The van der Waals surface area contributed by atoms with Gasteiger partial charge in [-0.3, -0.25) is 14.3 Å². The molecule has 4 aromatic rings. The van der Waals surface area contributed by atoms with E-state index in [9.17, 15) is 24.9 Å². The second kappa shape index (κ2) is 10.0. The SMILES string of the molecule is COc1cccc(C(c2ccccc2)(c2ccccc2)[C@@]2(n3ccc(=O)[nH]c3=O)O[C@H](CO)[C@@H](O)[C@H]2O)c1. The molecule has 3 aromatic carbocycles. The van der Waals surface area contributed by atoms with Crippen molar-refractivity contribution in [2.45, 2.75) is 29.5 Å². The number of ether oxygens (including phenoxy) is 2. The number of hydrogen-bond acceptors (Lipinski definition) is 7. The van der Waals surface area contributed by atoms with E-state index in [1.165, 1.54) is 13.3 Å². The van der Waals surface area contributed by atoms with E-state index in [4.69, 9.17) is 9.47 Å². The summed E-state index contributed by atoms with van der Waals surface area (Å²) in [5.74, 6) is 0.509. The van der Waals surface area contributed by atoms with Gasteiger partial charge in [0.25, 0.3) is 5.56 Å². The van der Waals surface area contributed by atoms with Crippen molar-refractivity contribution >= 4 is 0 Å². The van der Waals surface area contributed by atoms with Crippen molar-refractivity contribution < 1.29 is 24.8 Å². The third kappa shape index (κ3) is 3.71. The molecule has 0 spiro atoms. The number of H-pyrrole nitrogens is 1. The van der Waals surface area contributed by atoms with Gasteiger partial charge in [0.15, 0.2) is 5.72 Å². The smallest absolute Gasteiger partial charge is 0.330 e. The van der Waals surface area contributed by atoms with E-state index in [0.717, 1.165) is 10.6 Å². The van der Waals surface area contributed by atoms with E-state index in [1.807, 2.05) is 66.7 Å². The van der Waals surface area contributed by atoms with Crippen molar-refractivity contribution in [1.29, 1.82) is 0 Å². The molecule has 9 nitrogen and oxygen atoms in total. The van der Waals surface area contributed by atoms with Crippen LogP contribution in [-0.2, 0) is 15.9 Å². The molecule has 1 aliphatic rings. The Morgan fingerprint density at radius 3 is 2.05 bits per heavy atom. The first-order valence-corrected chi connectivity index (χ1v) is 12.1. The van der Waals surface area contributed by atoms with Crippen molar-refractivity contribution in [3.8, 4) is 5.75 Å². The fraction of sp³-hybridized carbons (Fsp3) is 0.241. The number of benzene rings is 3. The Labute approximate surface area is 218 Å². The molecule has 38 heavy (non-hydrogen) atoms. The number of methoxy groups -OCH3 is 1. The van der Waals surface area contributed by atoms with Crippen LogP contribution in [0.1, 0.15) is 16.7 Å². The molecule has 1 fully saturated rings. The monoisotopic (exact) mass is 516 g/mol. The highest BCUT2D eigenvalue weighted by Crippen LogP contribution is 2.56. The van der Waals surface area contributed by atoms with Crippen LogP contribution in [0.2, 0.25) is 0 Å². The number of hydrogen-bond donors (Lipinski definition) is 4. The van der Waals surface area contributed by atoms with Crippen LogP contribution in [-0.4, -0.2) is 56.9 Å². The minimum atomic E-state index is -2.09. The van der Waals surface area contributed by atoms with E-state index in [1.54, 1.807) is 18.2 Å². The molecule has 1 saturated heterocycles. The predicted molar refractivity (Wildman–Crippen MR) is 139 cm³/mol. The molecule has 4 atom stereocenters. The number of aliphatic hydroxyl groups excluding tert-OH is 3. The van der Waals surface area contributed by atoms with Gasteiger partial charge in [-0.1, -0.05) is 72.8 Å². The highest BCUT2D eigenvalue weighted by molar-refractivity contribution is 5.55. The lowest BCUT2D eigenvalue weighted by atomic mass is 9.60. The van der Waals surface area contributed by atoms with Gasteiger partial charge in [-0.25, -0.2) is 4.79 Å². The summed E-state index contributed by atoms with van der Waals surface area (Å²) in [6, 6.07) is 26.5. The van der Waals surface area contributed by atoms with Crippen molar-refractivity contribution in [2.24, 2.45) is 0 Å². The predicted octanol–water partition coefficient (Wildman–Crippen LogP) is 1.35. The summed E-state index contributed by atoms with van der Waals surface area (Å²) in [4.78, 5) is 27.8. The van der Waals surface area contributed by atoms with Crippen molar-refractivity contribution in [1.82, 2.24) is 9.55 Å². The fourth-order valence-corrected chi connectivity index (χ4v) is 5.67. The molecule has 1 aromatic heterocycles. The number of aromatic amines is 1. The molecule has 1 aliphatic heterocycles. The van der Waals surface area contributed by atoms with Gasteiger partial charge >= 0.3 is 5.69 Å². The molecule has 5 rings (SSSR count). The minimum absolute atomic E-state index is 0.509. The van der Waals surface area contributed by atoms with Crippen LogP contribution >= 0.6 is 0 Å². The fourth-order valence-electron chi connectivity index (χ4n) is 5.67. The van der Waals surface area contributed by atoms with Gasteiger partial charge in [-0.2, -0.15) is 0 Å². The standard InChI is InChI=1S/C29H28N2O7/c1-37-22-14-8-13-21(17-22)28(19-9-4-2-5-10-19,20-11-6-3-7-12-20)29(26(35)25(34)23(18-32)38-29)31-16-15-24(33)30-27(31)36/h2-17,23,25-26,32,34-35H,18H2,1H3,(H,30,33,36)/t23-,25-,26-,29+/m1/s1. The van der Waals surface area contributed by atoms with E-state index in [2.05, 4.69) is 4.98 Å². The molecule has 0 bridgehead atoms. The molecule has 0 unspecified atom stereocenters. The van der Waals surface area contributed by atoms with Crippen LogP contribution in [0.15, 0.2) is 107 Å². The van der Waals surface area contributed by atoms with Gasteiger partial charge in [0.2, 0.25) is 0 Å². The lowest BCUT2D eigenvalue weighted by Gasteiger charge is -2.51. The molecule has 0 saturated carbocycles. The molecular formula is C29H28N2O7. The Bertz CT molecular complexity index is 1480. The molecule has 196 valence electrons. The lowest BCUT2D eigenvalue weighted by Crippen LogP contribution is -2.64. The Morgan fingerprint density at radius 1 is 0.921 bits per heavy atom. The highest BCUT2D eigenvalue weighted by Gasteiger charge is 2.68. The van der Waals surface area contributed by atoms with Gasteiger partial charge in [0.1, 0.15) is 24.1 Å². The molecule has 4 N–H and O–H groups in total. The molecule has 0 radical (unpaired) electrons. The Balaban J connectivity index is 2.04. The zero-order chi connectivity index (χ0) is 26.9. The van der Waals surface area contributed by atoms with Crippen molar-refractivity contribution in [2.75, 3.05) is 13.7 Å². The average Bonchev–Trinajstić information content (AvgIpc) is 3.21. The maximum Gasteiger partial charge on any atom is 0.330 e. The molecular weight excluding hydrogens is 488 g/mol.